The van der Waals surface area contributed by atoms with Crippen molar-refractivity contribution in [2.45, 2.75) is 71.0 Å². The lowest BCUT2D eigenvalue weighted by molar-refractivity contribution is -0.160. The molecule has 238 valence electrons. The zero-order chi connectivity index (χ0) is 33.1. The van der Waals surface area contributed by atoms with Gasteiger partial charge >= 0.3 is 12.1 Å². The molecule has 46 heavy (non-hydrogen) atoms. The van der Waals surface area contributed by atoms with Crippen molar-refractivity contribution >= 4 is 35.2 Å². The van der Waals surface area contributed by atoms with Crippen LogP contribution in [0.2, 0.25) is 0 Å². The number of carbonyl (C=O) groups excluding carboxylic acids is 5. The molecule has 9 nitrogen and oxygen atoms in total. The fourth-order valence-electron chi connectivity index (χ4n) is 7.38. The van der Waals surface area contributed by atoms with Crippen molar-refractivity contribution in [3.8, 4) is 5.75 Å². The van der Waals surface area contributed by atoms with Gasteiger partial charge in [0.1, 0.15) is 17.5 Å². The van der Waals surface area contributed by atoms with Gasteiger partial charge in [0.05, 0.1) is 35.1 Å². The van der Waals surface area contributed by atoms with Crippen LogP contribution in [0.5, 0.6) is 5.75 Å². The second kappa shape index (κ2) is 11.2. The molecule has 2 heterocycles. The van der Waals surface area contributed by atoms with E-state index < -0.39 is 58.6 Å². The molecule has 1 fully saturated rings. The third-order valence-electron chi connectivity index (χ3n) is 9.18. The van der Waals surface area contributed by atoms with Gasteiger partial charge in [-0.3, -0.25) is 14.4 Å². The number of ether oxygens (including phenoxy) is 3. The molecule has 0 saturated heterocycles. The summed E-state index contributed by atoms with van der Waals surface area (Å²) in [6.07, 6.45) is -2.01. The first-order chi connectivity index (χ1) is 21.8. The molecule has 6 rings (SSSR count). The lowest BCUT2D eigenvalue weighted by Crippen LogP contribution is -2.62. The molecular weight excluding hydrogens is 586 g/mol. The fraction of sp³-hybridized carbons (Fsp3) is 0.378. The zero-order valence-corrected chi connectivity index (χ0v) is 26.8. The molecule has 3 aromatic rings. The fourth-order valence-corrected chi connectivity index (χ4v) is 7.38. The smallest absolute Gasteiger partial charge is 0.421 e. The third-order valence-corrected chi connectivity index (χ3v) is 9.18. The Bertz CT molecular complexity index is 1770. The highest BCUT2D eigenvalue weighted by Gasteiger charge is 2.68. The van der Waals surface area contributed by atoms with Crippen LogP contribution < -0.4 is 9.64 Å². The number of imide groups is 1. The zero-order valence-electron chi connectivity index (χ0n) is 26.8. The molecule has 2 amide bonds. The Morgan fingerprint density at radius 2 is 1.63 bits per heavy atom. The van der Waals surface area contributed by atoms with Gasteiger partial charge in [0.15, 0.2) is 5.78 Å². The van der Waals surface area contributed by atoms with E-state index in [4.69, 9.17) is 14.2 Å². The summed E-state index contributed by atoms with van der Waals surface area (Å²) < 4.78 is 17.4. The SMILES string of the molecule is CCOC(=O)C(=O)[C@@H]1[C@H]2Oc3ccc(C)cc3C(=O)[C@@H]2C[C@@]2(C(=O)N(C(=O)OC(C)(C)C)c3ccccc32)[C@H]1c1ccc(C)cc1. The van der Waals surface area contributed by atoms with Gasteiger partial charge in [-0.15, -0.1) is 0 Å². The Morgan fingerprint density at radius 1 is 0.957 bits per heavy atom. The van der Waals surface area contributed by atoms with E-state index in [1.165, 1.54) is 0 Å². The Balaban J connectivity index is 1.64. The van der Waals surface area contributed by atoms with E-state index in [0.717, 1.165) is 16.0 Å². The Kier molecular flexibility index (Phi) is 7.61. The van der Waals surface area contributed by atoms with Gasteiger partial charge in [-0.1, -0.05) is 59.7 Å². The molecule has 0 aromatic heterocycles. The molecule has 2 aliphatic heterocycles. The number of aryl methyl sites for hydroxylation is 2. The number of carbonyl (C=O) groups is 5. The van der Waals surface area contributed by atoms with Crippen LogP contribution in [0.4, 0.5) is 10.5 Å². The van der Waals surface area contributed by atoms with Crippen LogP contribution in [0.3, 0.4) is 0 Å². The number of hydrogen-bond donors (Lipinski definition) is 0. The summed E-state index contributed by atoms with van der Waals surface area (Å²) in [5, 5.41) is 0. The highest BCUT2D eigenvalue weighted by atomic mass is 16.6. The number of benzene rings is 3. The minimum Gasteiger partial charge on any atom is -0.488 e. The van der Waals surface area contributed by atoms with Crippen LogP contribution in [0, 0.1) is 25.7 Å². The van der Waals surface area contributed by atoms with E-state index in [-0.39, 0.29) is 18.8 Å². The van der Waals surface area contributed by atoms with E-state index in [2.05, 4.69) is 0 Å². The second-order valence-corrected chi connectivity index (χ2v) is 13.4. The highest BCUT2D eigenvalue weighted by Crippen LogP contribution is 2.61. The standard InChI is InChI=1S/C37H37NO8/c1-7-44-33(41)31(40)28-29(22-15-12-20(2)13-16-22)37(19-24-30(39)23-18-21(3)14-17-27(23)45-32(24)28)25-10-8-9-11-26(25)38(34(37)42)35(43)46-36(4,5)6/h8-18,24,28-29,32H,7,19H2,1-6H3/t24-,28+,29-,32-,37-/m0/s1. The Morgan fingerprint density at radius 3 is 2.30 bits per heavy atom. The molecule has 0 N–H and O–H groups in total. The number of amides is 2. The maximum absolute atomic E-state index is 15.1. The maximum Gasteiger partial charge on any atom is 0.421 e. The largest absolute Gasteiger partial charge is 0.488 e. The number of rotatable bonds is 4. The number of fused-ring (bicyclic) bond motifs is 4. The molecular formula is C37H37NO8. The van der Waals surface area contributed by atoms with Crippen LogP contribution >= 0.6 is 0 Å². The average molecular weight is 624 g/mol. The van der Waals surface area contributed by atoms with Crippen LogP contribution in [-0.2, 0) is 29.3 Å². The van der Waals surface area contributed by atoms with Crippen LogP contribution in [-0.4, -0.2) is 47.8 Å². The van der Waals surface area contributed by atoms with E-state index >= 15 is 4.79 Å². The van der Waals surface area contributed by atoms with Gasteiger partial charge in [-0.25, -0.2) is 14.5 Å². The van der Waals surface area contributed by atoms with Crippen molar-refractivity contribution in [2.24, 2.45) is 11.8 Å². The number of para-hydroxylation sites is 1. The predicted octanol–water partition coefficient (Wildman–Crippen LogP) is 6.02. The lowest BCUT2D eigenvalue weighted by atomic mass is 9.51. The molecule has 5 atom stereocenters. The molecule has 3 aliphatic rings. The van der Waals surface area contributed by atoms with E-state index in [1.807, 2.05) is 44.2 Å². The van der Waals surface area contributed by atoms with Gasteiger partial charge in [-0.05, 0) is 77.3 Å². The summed E-state index contributed by atoms with van der Waals surface area (Å²) in [7, 11) is 0. The first kappa shape index (κ1) is 31.2. The minimum absolute atomic E-state index is 0.0399. The average Bonchev–Trinajstić information content (AvgIpc) is 3.24. The van der Waals surface area contributed by atoms with E-state index in [9.17, 15) is 19.2 Å². The monoisotopic (exact) mass is 623 g/mol. The lowest BCUT2D eigenvalue weighted by Gasteiger charge is -2.52. The quantitative estimate of drug-likeness (QED) is 0.256. The molecule has 0 radical (unpaired) electrons. The topological polar surface area (TPSA) is 116 Å². The normalized spacial score (nSPS) is 24.9. The number of ketones is 2. The summed E-state index contributed by atoms with van der Waals surface area (Å²) in [4.78, 5) is 71.9. The van der Waals surface area contributed by atoms with Crippen LogP contribution in [0.1, 0.15) is 72.6 Å². The maximum atomic E-state index is 15.1. The van der Waals surface area contributed by atoms with Crippen molar-refractivity contribution in [2.75, 3.05) is 11.5 Å². The predicted molar refractivity (Wildman–Crippen MR) is 169 cm³/mol. The van der Waals surface area contributed by atoms with Crippen molar-refractivity contribution in [1.29, 1.82) is 0 Å². The number of anilines is 1. The molecule has 1 saturated carbocycles. The van der Waals surface area contributed by atoms with Crippen molar-refractivity contribution in [3.05, 3.63) is 94.5 Å². The number of nitrogens with zero attached hydrogens (tertiary/aromatic N) is 1. The summed E-state index contributed by atoms with van der Waals surface area (Å²) >= 11 is 0. The first-order valence-electron chi connectivity index (χ1n) is 15.5. The van der Waals surface area contributed by atoms with Gasteiger partial charge in [0, 0.05) is 5.92 Å². The first-order valence-corrected chi connectivity index (χ1v) is 15.5. The summed E-state index contributed by atoms with van der Waals surface area (Å²) in [6.45, 7) is 10.5. The molecule has 3 aromatic carbocycles. The highest BCUT2D eigenvalue weighted by molar-refractivity contribution is 6.35. The van der Waals surface area contributed by atoms with Crippen molar-refractivity contribution in [1.82, 2.24) is 0 Å². The van der Waals surface area contributed by atoms with E-state index in [1.54, 1.807) is 64.1 Å². The van der Waals surface area contributed by atoms with Crippen molar-refractivity contribution in [3.63, 3.8) is 0 Å². The van der Waals surface area contributed by atoms with Crippen molar-refractivity contribution < 1.29 is 38.2 Å². The molecule has 0 bridgehead atoms. The number of Topliss-reactive ketones (excluding diaryl/α,β-unsaturated/α-hetero) is 2. The molecule has 0 unspecified atom stereocenters. The summed E-state index contributed by atoms with van der Waals surface area (Å²) in [5.74, 6) is -5.89. The van der Waals surface area contributed by atoms with Gasteiger partial charge in [0.2, 0.25) is 11.7 Å². The second-order valence-electron chi connectivity index (χ2n) is 13.4. The summed E-state index contributed by atoms with van der Waals surface area (Å²) in [6, 6.07) is 19.5. The summed E-state index contributed by atoms with van der Waals surface area (Å²) in [5.41, 5.74) is 0.974. The van der Waals surface area contributed by atoms with Crippen LogP contribution in [0.15, 0.2) is 66.7 Å². The van der Waals surface area contributed by atoms with Gasteiger partial charge < -0.3 is 14.2 Å². The van der Waals surface area contributed by atoms with Gasteiger partial charge in [0.25, 0.3) is 0 Å². The third kappa shape index (κ3) is 4.89. The Hall–Kier alpha value is -4.79. The Labute approximate surface area is 267 Å². The van der Waals surface area contributed by atoms with Crippen LogP contribution in [0.25, 0.3) is 0 Å². The van der Waals surface area contributed by atoms with E-state index in [0.29, 0.717) is 28.1 Å². The minimum atomic E-state index is -1.61. The molecule has 1 aliphatic carbocycles. The molecule has 9 heteroatoms. The number of esters is 1. The number of hydrogen-bond acceptors (Lipinski definition) is 8. The van der Waals surface area contributed by atoms with Gasteiger partial charge in [-0.2, -0.15) is 0 Å². The molecule has 1 spiro atoms.